The van der Waals surface area contributed by atoms with Crippen molar-refractivity contribution in [1.29, 1.82) is 0 Å². The second-order valence-corrected chi connectivity index (χ2v) is 7.72. The average molecular weight is 401 g/mol. The number of nitrogens with zero attached hydrogens (tertiary/aromatic N) is 5. The topological polar surface area (TPSA) is 82.3 Å². The van der Waals surface area contributed by atoms with Gasteiger partial charge in [-0.15, -0.1) is 11.8 Å². The molecule has 0 radical (unpaired) electrons. The van der Waals surface area contributed by atoms with Crippen LogP contribution >= 0.6 is 11.8 Å². The Hall–Kier alpha value is -2.65. The summed E-state index contributed by atoms with van der Waals surface area (Å²) in [5.41, 5.74) is 0.319. The van der Waals surface area contributed by atoms with Crippen molar-refractivity contribution in [2.24, 2.45) is 14.1 Å². The van der Waals surface area contributed by atoms with Crippen LogP contribution in [0, 0.1) is 0 Å². The molecular formula is C19H23N5O3S. The Kier molecular flexibility index (Phi) is 5.85. The molecule has 0 aliphatic rings. The molecule has 1 aromatic carbocycles. The molecular weight excluding hydrogens is 378 g/mol. The highest BCUT2D eigenvalue weighted by atomic mass is 32.2. The van der Waals surface area contributed by atoms with Gasteiger partial charge < -0.3 is 9.64 Å². The van der Waals surface area contributed by atoms with Crippen LogP contribution in [0.3, 0.4) is 0 Å². The Balaban J connectivity index is 2.23. The molecule has 0 bridgehead atoms. The predicted octanol–water partition coefficient (Wildman–Crippen LogP) is 1.36. The van der Waals surface area contributed by atoms with Gasteiger partial charge >= 0.3 is 5.69 Å². The third-order valence-electron chi connectivity index (χ3n) is 4.39. The lowest BCUT2D eigenvalue weighted by Crippen LogP contribution is -2.37. The van der Waals surface area contributed by atoms with Gasteiger partial charge in [0.2, 0.25) is 0 Å². The Morgan fingerprint density at radius 3 is 2.36 bits per heavy atom. The Morgan fingerprint density at radius 2 is 1.75 bits per heavy atom. The number of aromatic nitrogens is 4. The maximum atomic E-state index is 12.8. The molecule has 0 aliphatic heterocycles. The van der Waals surface area contributed by atoms with Gasteiger partial charge in [-0.2, -0.15) is 0 Å². The molecule has 0 amide bonds. The quantitative estimate of drug-likeness (QED) is 0.456. The maximum absolute atomic E-state index is 12.8. The average Bonchev–Trinajstić information content (AvgIpc) is 2.70. The lowest BCUT2D eigenvalue weighted by Gasteiger charge is -2.13. The van der Waals surface area contributed by atoms with Crippen molar-refractivity contribution < 1.29 is 4.74 Å². The summed E-state index contributed by atoms with van der Waals surface area (Å²) in [6.07, 6.45) is 0. The van der Waals surface area contributed by atoms with Crippen molar-refractivity contribution in [1.82, 2.24) is 24.0 Å². The van der Waals surface area contributed by atoms with Crippen molar-refractivity contribution in [2.45, 2.75) is 5.03 Å². The highest BCUT2D eigenvalue weighted by molar-refractivity contribution is 7.99. The van der Waals surface area contributed by atoms with Gasteiger partial charge in [-0.05, 0) is 38.4 Å². The largest absolute Gasteiger partial charge is 0.497 e. The van der Waals surface area contributed by atoms with Gasteiger partial charge in [-0.25, -0.2) is 14.8 Å². The van der Waals surface area contributed by atoms with E-state index in [2.05, 4.69) is 14.9 Å². The van der Waals surface area contributed by atoms with Crippen LogP contribution in [0.15, 0.2) is 38.9 Å². The number of aryl methyl sites for hydroxylation is 1. The molecule has 8 nitrogen and oxygen atoms in total. The highest BCUT2D eigenvalue weighted by Gasteiger charge is 2.18. The third kappa shape index (κ3) is 3.81. The van der Waals surface area contributed by atoms with Crippen LogP contribution in [0.1, 0.15) is 0 Å². The van der Waals surface area contributed by atoms with E-state index in [4.69, 9.17) is 4.74 Å². The summed E-state index contributed by atoms with van der Waals surface area (Å²) in [7, 11) is 8.67. The lowest BCUT2D eigenvalue weighted by atomic mass is 10.2. The monoisotopic (exact) mass is 401 g/mol. The van der Waals surface area contributed by atoms with Crippen molar-refractivity contribution in [3.63, 3.8) is 0 Å². The summed E-state index contributed by atoms with van der Waals surface area (Å²) < 4.78 is 7.68. The lowest BCUT2D eigenvalue weighted by molar-refractivity contribution is 0.415. The smallest absolute Gasteiger partial charge is 0.332 e. The van der Waals surface area contributed by atoms with Crippen molar-refractivity contribution in [2.75, 3.05) is 33.5 Å². The van der Waals surface area contributed by atoms with Gasteiger partial charge in [0.15, 0.2) is 11.5 Å². The first-order valence-corrected chi connectivity index (χ1v) is 9.71. The van der Waals surface area contributed by atoms with Crippen molar-refractivity contribution in [3.05, 3.63) is 45.1 Å². The van der Waals surface area contributed by atoms with E-state index in [1.54, 1.807) is 14.2 Å². The number of ether oxygens (including phenoxy) is 1. The first-order valence-electron chi connectivity index (χ1n) is 8.73. The molecule has 3 aromatic rings. The van der Waals surface area contributed by atoms with Gasteiger partial charge in [-0.1, -0.05) is 0 Å². The van der Waals surface area contributed by atoms with Crippen LogP contribution in [0.4, 0.5) is 0 Å². The minimum absolute atomic E-state index is 0.335. The van der Waals surface area contributed by atoms with Crippen LogP contribution in [0.25, 0.3) is 22.4 Å². The number of hydrogen-bond acceptors (Lipinski definition) is 7. The molecule has 2 aromatic heterocycles. The van der Waals surface area contributed by atoms with E-state index in [-0.39, 0.29) is 5.56 Å². The fraction of sp³-hybridized carbons (Fsp3) is 0.368. The fourth-order valence-corrected chi connectivity index (χ4v) is 3.85. The highest BCUT2D eigenvalue weighted by Crippen LogP contribution is 2.27. The molecule has 0 aliphatic carbocycles. The molecule has 28 heavy (non-hydrogen) atoms. The first kappa shape index (κ1) is 20.1. The minimum atomic E-state index is -0.416. The zero-order valence-corrected chi connectivity index (χ0v) is 17.4. The second kappa shape index (κ2) is 8.15. The number of methoxy groups -OCH3 is 1. The Morgan fingerprint density at radius 1 is 1.07 bits per heavy atom. The van der Waals surface area contributed by atoms with Crippen molar-refractivity contribution >= 4 is 22.8 Å². The number of thioether (sulfide) groups is 1. The van der Waals surface area contributed by atoms with Crippen LogP contribution in [-0.4, -0.2) is 57.5 Å². The number of benzene rings is 1. The zero-order chi connectivity index (χ0) is 20.4. The molecule has 0 spiro atoms. The summed E-state index contributed by atoms with van der Waals surface area (Å²) in [6.45, 7) is 0.833. The molecule has 0 fully saturated rings. The SMILES string of the molecule is COc1ccc(-c2nc(SCCN(C)C)c3c(=O)n(C)c(=O)n(C)c3n2)cc1. The van der Waals surface area contributed by atoms with E-state index in [1.807, 2.05) is 38.4 Å². The Bertz CT molecular complexity index is 1120. The molecule has 2 heterocycles. The molecule has 0 saturated carbocycles. The first-order chi connectivity index (χ1) is 13.3. The molecule has 0 atom stereocenters. The molecule has 9 heteroatoms. The van der Waals surface area contributed by atoms with Crippen molar-refractivity contribution in [3.8, 4) is 17.1 Å². The van der Waals surface area contributed by atoms with Gasteiger partial charge in [0.25, 0.3) is 5.56 Å². The van der Waals surface area contributed by atoms with E-state index in [0.717, 1.165) is 28.2 Å². The van der Waals surface area contributed by atoms with Gasteiger partial charge in [0, 0.05) is 32.0 Å². The van der Waals surface area contributed by atoms with Crippen LogP contribution < -0.4 is 16.0 Å². The van der Waals surface area contributed by atoms with E-state index in [9.17, 15) is 9.59 Å². The summed E-state index contributed by atoms with van der Waals surface area (Å²) in [4.78, 5) is 36.4. The van der Waals surface area contributed by atoms with Gasteiger partial charge in [-0.3, -0.25) is 13.9 Å². The third-order valence-corrected chi connectivity index (χ3v) is 5.35. The van der Waals surface area contributed by atoms with E-state index >= 15 is 0 Å². The molecule has 3 rings (SSSR count). The summed E-state index contributed by atoms with van der Waals surface area (Å²) >= 11 is 1.49. The van der Waals surface area contributed by atoms with Crippen LogP contribution in [0.5, 0.6) is 5.75 Å². The summed E-state index contributed by atoms with van der Waals surface area (Å²) in [6, 6.07) is 7.36. The molecule has 0 N–H and O–H groups in total. The van der Waals surface area contributed by atoms with Gasteiger partial charge in [0.1, 0.15) is 16.2 Å². The Labute approximate surface area is 166 Å². The second-order valence-electron chi connectivity index (χ2n) is 6.64. The zero-order valence-electron chi connectivity index (χ0n) is 16.6. The number of hydrogen-bond donors (Lipinski definition) is 0. The van der Waals surface area contributed by atoms with Gasteiger partial charge in [0.05, 0.1) is 7.11 Å². The molecule has 0 saturated heterocycles. The van der Waals surface area contributed by atoms with E-state index in [1.165, 1.54) is 23.4 Å². The van der Waals surface area contributed by atoms with Crippen LogP contribution in [0.2, 0.25) is 0 Å². The van der Waals surface area contributed by atoms with E-state index in [0.29, 0.717) is 21.9 Å². The molecule has 148 valence electrons. The molecule has 0 unspecified atom stereocenters. The number of fused-ring (bicyclic) bond motifs is 1. The minimum Gasteiger partial charge on any atom is -0.497 e. The fourth-order valence-electron chi connectivity index (χ4n) is 2.73. The normalized spacial score (nSPS) is 11.4. The summed E-state index contributed by atoms with van der Waals surface area (Å²) in [5.74, 6) is 1.95. The standard InChI is InChI=1S/C19H23N5O3S/c1-22(2)10-11-28-17-14-16(23(3)19(26)24(4)18(14)25)20-15(21-17)12-6-8-13(27-5)9-7-12/h6-9H,10-11H2,1-5H3. The maximum Gasteiger partial charge on any atom is 0.332 e. The van der Waals surface area contributed by atoms with Crippen LogP contribution in [-0.2, 0) is 14.1 Å². The number of rotatable bonds is 6. The predicted molar refractivity (Wildman–Crippen MR) is 111 cm³/mol. The van der Waals surface area contributed by atoms with E-state index < -0.39 is 5.69 Å². The summed E-state index contributed by atoms with van der Waals surface area (Å²) in [5, 5.41) is 0.944.